The van der Waals surface area contributed by atoms with Crippen molar-refractivity contribution in [3.63, 3.8) is 0 Å². The zero-order chi connectivity index (χ0) is 17.0. The molecule has 2 fully saturated rings. The lowest BCUT2D eigenvalue weighted by molar-refractivity contribution is -0.121. The van der Waals surface area contributed by atoms with E-state index in [0.717, 1.165) is 44.8 Å². The van der Waals surface area contributed by atoms with Gasteiger partial charge in [0, 0.05) is 30.7 Å². The minimum Gasteiger partial charge on any atom is -0.384 e. The molecule has 24 heavy (non-hydrogen) atoms. The fraction of sp³-hybridized carbons (Fsp3) is 0.684. The van der Waals surface area contributed by atoms with Crippen LogP contribution in [0.15, 0.2) is 18.2 Å². The Hall–Kier alpha value is -1.46. The Labute approximate surface area is 144 Å². The number of rotatable bonds is 6. The van der Waals surface area contributed by atoms with E-state index in [-0.39, 0.29) is 11.8 Å². The molecule has 1 saturated carbocycles. The Balaban J connectivity index is 1.47. The number of carbonyl (C=O) groups is 1. The van der Waals surface area contributed by atoms with E-state index in [1.54, 1.807) is 7.11 Å². The summed E-state index contributed by atoms with van der Waals surface area (Å²) in [6.07, 6.45) is 5.74. The summed E-state index contributed by atoms with van der Waals surface area (Å²) in [6, 6.07) is 5.71. The molecule has 1 aliphatic carbocycles. The number of carbonyl (C=O) groups excluding carboxylic acids is 1. The molecule has 5 nitrogen and oxygen atoms in total. The Morgan fingerprint density at radius 2 is 2.12 bits per heavy atom. The second-order valence-corrected chi connectivity index (χ2v) is 7.49. The van der Waals surface area contributed by atoms with Gasteiger partial charge < -0.3 is 15.0 Å². The smallest absolute Gasteiger partial charge is 0.228 e. The van der Waals surface area contributed by atoms with Crippen LogP contribution in [0.4, 0.5) is 5.82 Å². The molecule has 0 unspecified atom stereocenters. The van der Waals surface area contributed by atoms with Gasteiger partial charge in [0.15, 0.2) is 0 Å². The van der Waals surface area contributed by atoms with Crippen LogP contribution in [0, 0.1) is 18.3 Å². The fourth-order valence-corrected chi connectivity index (χ4v) is 4.00. The maximum absolute atomic E-state index is 12.5. The first-order chi connectivity index (χ1) is 11.6. The highest BCUT2D eigenvalue weighted by molar-refractivity contribution is 5.91. The molecule has 5 heteroatoms. The van der Waals surface area contributed by atoms with Crippen molar-refractivity contribution in [1.29, 1.82) is 0 Å². The normalized spacial score (nSPS) is 21.2. The zero-order valence-corrected chi connectivity index (χ0v) is 14.9. The first kappa shape index (κ1) is 17.4. The number of aromatic nitrogens is 1. The van der Waals surface area contributed by atoms with Gasteiger partial charge >= 0.3 is 0 Å². The summed E-state index contributed by atoms with van der Waals surface area (Å²) in [6.45, 7) is 5.93. The van der Waals surface area contributed by atoms with E-state index in [4.69, 9.17) is 4.74 Å². The number of methoxy groups -OCH3 is 1. The van der Waals surface area contributed by atoms with Gasteiger partial charge in [0.2, 0.25) is 5.91 Å². The minimum atomic E-state index is 0.100. The molecule has 1 saturated heterocycles. The minimum absolute atomic E-state index is 0.100. The Bertz CT molecular complexity index is 563. The van der Waals surface area contributed by atoms with Gasteiger partial charge in [-0.1, -0.05) is 12.5 Å². The molecule has 1 amide bonds. The first-order valence-corrected chi connectivity index (χ1v) is 9.06. The monoisotopic (exact) mass is 331 g/mol. The van der Waals surface area contributed by atoms with Crippen molar-refractivity contribution in [2.24, 2.45) is 11.3 Å². The fourth-order valence-electron chi connectivity index (χ4n) is 4.00. The van der Waals surface area contributed by atoms with Gasteiger partial charge in [-0.05, 0) is 57.8 Å². The molecule has 3 rings (SSSR count). The molecular formula is C19H29N3O2. The number of aryl methyl sites for hydroxylation is 1. The van der Waals surface area contributed by atoms with E-state index in [9.17, 15) is 4.79 Å². The van der Waals surface area contributed by atoms with Crippen LogP contribution in [0.1, 0.15) is 37.8 Å². The van der Waals surface area contributed by atoms with Crippen molar-refractivity contribution in [1.82, 2.24) is 9.88 Å². The zero-order valence-electron chi connectivity index (χ0n) is 14.9. The van der Waals surface area contributed by atoms with Crippen molar-refractivity contribution in [3.05, 3.63) is 23.9 Å². The van der Waals surface area contributed by atoms with Crippen molar-refractivity contribution < 1.29 is 9.53 Å². The van der Waals surface area contributed by atoms with Crippen LogP contribution in [0.3, 0.4) is 0 Å². The predicted octanol–water partition coefficient (Wildman–Crippen LogP) is 2.86. The van der Waals surface area contributed by atoms with Crippen LogP contribution in [-0.4, -0.2) is 49.1 Å². The largest absolute Gasteiger partial charge is 0.384 e. The van der Waals surface area contributed by atoms with Crippen LogP contribution in [0.25, 0.3) is 0 Å². The maximum atomic E-state index is 12.5. The van der Waals surface area contributed by atoms with Crippen LogP contribution in [-0.2, 0) is 9.53 Å². The number of piperidine rings is 1. The van der Waals surface area contributed by atoms with Gasteiger partial charge in [-0.2, -0.15) is 0 Å². The highest BCUT2D eigenvalue weighted by atomic mass is 16.5. The van der Waals surface area contributed by atoms with Crippen molar-refractivity contribution in [2.75, 3.05) is 38.7 Å². The third-order valence-electron chi connectivity index (χ3n) is 5.52. The quantitative estimate of drug-likeness (QED) is 0.871. The molecule has 0 atom stereocenters. The molecule has 2 aliphatic rings. The average Bonchev–Trinajstić information content (AvgIpc) is 2.53. The first-order valence-electron chi connectivity index (χ1n) is 9.06. The SMILES string of the molecule is COCC1(CN2CCC(C(=O)Nc3cccc(C)n3)CC2)CCC1. The van der Waals surface area contributed by atoms with Crippen molar-refractivity contribution >= 4 is 11.7 Å². The molecule has 0 spiro atoms. The molecule has 1 aromatic rings. The van der Waals surface area contributed by atoms with Gasteiger partial charge in [0.1, 0.15) is 5.82 Å². The second-order valence-electron chi connectivity index (χ2n) is 7.49. The molecule has 132 valence electrons. The van der Waals surface area contributed by atoms with Crippen LogP contribution >= 0.6 is 0 Å². The highest BCUT2D eigenvalue weighted by Gasteiger charge is 2.39. The van der Waals surface area contributed by atoms with E-state index in [1.165, 1.54) is 19.3 Å². The van der Waals surface area contributed by atoms with Gasteiger partial charge in [-0.3, -0.25) is 4.79 Å². The summed E-state index contributed by atoms with van der Waals surface area (Å²) in [7, 11) is 1.80. The van der Waals surface area contributed by atoms with E-state index < -0.39 is 0 Å². The number of hydrogen-bond acceptors (Lipinski definition) is 4. The summed E-state index contributed by atoms with van der Waals surface area (Å²) in [5, 5.41) is 2.97. The third-order valence-corrected chi connectivity index (χ3v) is 5.52. The lowest BCUT2D eigenvalue weighted by Crippen LogP contribution is -2.48. The Morgan fingerprint density at radius 3 is 2.71 bits per heavy atom. The summed E-state index contributed by atoms with van der Waals surface area (Å²) in [5.74, 6) is 0.877. The summed E-state index contributed by atoms with van der Waals surface area (Å²) in [4.78, 5) is 19.3. The molecule has 0 bridgehead atoms. The average molecular weight is 331 g/mol. The number of likely N-dealkylation sites (tertiary alicyclic amines) is 1. The van der Waals surface area contributed by atoms with E-state index in [2.05, 4.69) is 15.2 Å². The van der Waals surface area contributed by atoms with E-state index in [0.29, 0.717) is 11.2 Å². The molecular weight excluding hydrogens is 302 g/mol. The summed E-state index contributed by atoms with van der Waals surface area (Å²) < 4.78 is 5.43. The van der Waals surface area contributed by atoms with E-state index >= 15 is 0 Å². The van der Waals surface area contributed by atoms with E-state index in [1.807, 2.05) is 25.1 Å². The van der Waals surface area contributed by atoms with Gasteiger partial charge in [-0.15, -0.1) is 0 Å². The maximum Gasteiger partial charge on any atom is 0.228 e. The summed E-state index contributed by atoms with van der Waals surface area (Å²) >= 11 is 0. The lowest BCUT2D eigenvalue weighted by atomic mass is 9.69. The predicted molar refractivity (Wildman–Crippen MR) is 94.9 cm³/mol. The van der Waals surface area contributed by atoms with Crippen molar-refractivity contribution in [3.8, 4) is 0 Å². The number of hydrogen-bond donors (Lipinski definition) is 1. The van der Waals surface area contributed by atoms with Gasteiger partial charge in [-0.25, -0.2) is 4.98 Å². The Kier molecular flexibility index (Phi) is 5.51. The number of ether oxygens (including phenoxy) is 1. The molecule has 2 heterocycles. The molecule has 1 aromatic heterocycles. The van der Waals surface area contributed by atoms with Crippen molar-refractivity contribution in [2.45, 2.75) is 39.0 Å². The Morgan fingerprint density at radius 1 is 1.38 bits per heavy atom. The number of pyridine rings is 1. The van der Waals surface area contributed by atoms with Gasteiger partial charge in [0.25, 0.3) is 0 Å². The highest BCUT2D eigenvalue weighted by Crippen LogP contribution is 2.42. The standard InChI is InChI=1S/C19H29N3O2/c1-15-5-3-6-17(20-15)21-18(23)16-7-11-22(12-8-16)13-19(14-24-2)9-4-10-19/h3,5-6,16H,4,7-14H2,1-2H3,(H,20,21,23). The lowest BCUT2D eigenvalue weighted by Gasteiger charge is -2.46. The van der Waals surface area contributed by atoms with Crippen LogP contribution in [0.5, 0.6) is 0 Å². The molecule has 0 aromatic carbocycles. The number of amides is 1. The second kappa shape index (κ2) is 7.62. The third kappa shape index (κ3) is 4.14. The molecule has 1 aliphatic heterocycles. The number of nitrogens with zero attached hydrogens (tertiary/aromatic N) is 2. The summed E-state index contributed by atoms with van der Waals surface area (Å²) in [5.41, 5.74) is 1.29. The molecule has 1 N–H and O–H groups in total. The number of nitrogens with one attached hydrogen (secondary N) is 1. The number of anilines is 1. The van der Waals surface area contributed by atoms with Crippen LogP contribution < -0.4 is 5.32 Å². The molecule has 0 radical (unpaired) electrons. The van der Waals surface area contributed by atoms with Gasteiger partial charge in [0.05, 0.1) is 6.61 Å². The van der Waals surface area contributed by atoms with Crippen LogP contribution in [0.2, 0.25) is 0 Å². The topological polar surface area (TPSA) is 54.5 Å².